The molecule has 1 aromatic carbocycles. The van der Waals surface area contributed by atoms with E-state index < -0.39 is 0 Å². The van der Waals surface area contributed by atoms with Gasteiger partial charge in [-0.2, -0.15) is 0 Å². The highest BCUT2D eigenvalue weighted by Gasteiger charge is 2.03. The van der Waals surface area contributed by atoms with E-state index >= 15 is 0 Å². The van der Waals surface area contributed by atoms with Gasteiger partial charge in [0.25, 0.3) is 0 Å². The molecule has 1 aromatic rings. The number of hydrogen-bond donors (Lipinski definition) is 1. The summed E-state index contributed by atoms with van der Waals surface area (Å²) >= 11 is 0. The molecule has 0 unspecified atom stereocenters. The molecule has 0 amide bonds. The van der Waals surface area contributed by atoms with E-state index in [1.54, 1.807) is 19.2 Å². The SMILES string of the molecule is COCCOCCCNCc1ccc(OC)cc1F. The van der Waals surface area contributed by atoms with Gasteiger partial charge in [0.15, 0.2) is 0 Å². The molecular formula is C14H22FNO3. The molecule has 108 valence electrons. The Kier molecular flexibility index (Phi) is 8.13. The van der Waals surface area contributed by atoms with Crippen LogP contribution in [0, 0.1) is 5.82 Å². The average Bonchev–Trinajstić information content (AvgIpc) is 2.43. The molecule has 0 bridgehead atoms. The summed E-state index contributed by atoms with van der Waals surface area (Å²) < 4.78 is 28.7. The highest BCUT2D eigenvalue weighted by molar-refractivity contribution is 5.28. The number of methoxy groups -OCH3 is 2. The summed E-state index contributed by atoms with van der Waals surface area (Å²) in [6.07, 6.45) is 0.890. The summed E-state index contributed by atoms with van der Waals surface area (Å²) in [7, 11) is 3.17. The third kappa shape index (κ3) is 6.52. The molecule has 1 N–H and O–H groups in total. The van der Waals surface area contributed by atoms with Crippen LogP contribution in [0.1, 0.15) is 12.0 Å². The van der Waals surface area contributed by atoms with Gasteiger partial charge >= 0.3 is 0 Å². The zero-order valence-electron chi connectivity index (χ0n) is 11.6. The van der Waals surface area contributed by atoms with Crippen molar-refractivity contribution < 1.29 is 18.6 Å². The largest absolute Gasteiger partial charge is 0.497 e. The van der Waals surface area contributed by atoms with Gasteiger partial charge in [-0.05, 0) is 19.0 Å². The van der Waals surface area contributed by atoms with Crippen LogP contribution in [0.2, 0.25) is 0 Å². The van der Waals surface area contributed by atoms with Gasteiger partial charge in [0.1, 0.15) is 11.6 Å². The van der Waals surface area contributed by atoms with Gasteiger partial charge in [-0.3, -0.25) is 0 Å². The smallest absolute Gasteiger partial charge is 0.131 e. The maximum atomic E-state index is 13.6. The Morgan fingerprint density at radius 2 is 2.00 bits per heavy atom. The van der Waals surface area contributed by atoms with Crippen LogP contribution in [0.3, 0.4) is 0 Å². The van der Waals surface area contributed by atoms with Crippen LogP contribution >= 0.6 is 0 Å². The molecule has 0 aliphatic heterocycles. The first-order valence-electron chi connectivity index (χ1n) is 6.37. The van der Waals surface area contributed by atoms with Crippen LogP contribution in [-0.4, -0.2) is 40.6 Å². The molecule has 4 nitrogen and oxygen atoms in total. The Balaban J connectivity index is 2.12. The molecule has 0 saturated heterocycles. The van der Waals surface area contributed by atoms with Crippen molar-refractivity contribution in [2.45, 2.75) is 13.0 Å². The van der Waals surface area contributed by atoms with E-state index in [4.69, 9.17) is 14.2 Å². The van der Waals surface area contributed by atoms with Gasteiger partial charge in [0.2, 0.25) is 0 Å². The quantitative estimate of drug-likeness (QED) is 0.661. The maximum Gasteiger partial charge on any atom is 0.131 e. The first kappa shape index (κ1) is 15.9. The Hall–Kier alpha value is -1.17. The second-order valence-corrected chi connectivity index (χ2v) is 4.09. The van der Waals surface area contributed by atoms with E-state index in [0.717, 1.165) is 13.0 Å². The molecule has 0 heterocycles. The lowest BCUT2D eigenvalue weighted by Crippen LogP contribution is -2.17. The zero-order valence-corrected chi connectivity index (χ0v) is 11.6. The third-order valence-electron chi connectivity index (χ3n) is 2.65. The van der Waals surface area contributed by atoms with Crippen molar-refractivity contribution in [2.75, 3.05) is 40.6 Å². The maximum absolute atomic E-state index is 13.6. The summed E-state index contributed by atoms with van der Waals surface area (Å²) in [6.45, 7) is 3.21. The molecule has 0 atom stereocenters. The van der Waals surface area contributed by atoms with E-state index in [1.807, 2.05) is 0 Å². The number of rotatable bonds is 10. The lowest BCUT2D eigenvalue weighted by atomic mass is 10.2. The van der Waals surface area contributed by atoms with Gasteiger partial charge in [-0.25, -0.2) is 4.39 Å². The normalized spacial score (nSPS) is 10.7. The number of hydrogen-bond acceptors (Lipinski definition) is 4. The Morgan fingerprint density at radius 1 is 1.16 bits per heavy atom. The van der Waals surface area contributed by atoms with E-state index in [9.17, 15) is 4.39 Å². The van der Waals surface area contributed by atoms with Crippen LogP contribution in [0.5, 0.6) is 5.75 Å². The standard InChI is InChI=1S/C14H22FNO3/c1-17-8-9-19-7-3-6-16-11-12-4-5-13(18-2)10-14(12)15/h4-5,10,16H,3,6-9,11H2,1-2H3. The van der Waals surface area contributed by atoms with Crippen LogP contribution < -0.4 is 10.1 Å². The van der Waals surface area contributed by atoms with Gasteiger partial charge in [-0.15, -0.1) is 0 Å². The zero-order chi connectivity index (χ0) is 13.9. The third-order valence-corrected chi connectivity index (χ3v) is 2.65. The summed E-state index contributed by atoms with van der Waals surface area (Å²) in [4.78, 5) is 0. The lowest BCUT2D eigenvalue weighted by molar-refractivity contribution is 0.0694. The Labute approximate surface area is 113 Å². The number of benzene rings is 1. The van der Waals surface area contributed by atoms with Crippen molar-refractivity contribution >= 4 is 0 Å². The summed E-state index contributed by atoms with van der Waals surface area (Å²) in [5.41, 5.74) is 0.640. The predicted molar refractivity (Wildman–Crippen MR) is 72.0 cm³/mol. The van der Waals surface area contributed by atoms with Crippen LogP contribution in [0.4, 0.5) is 4.39 Å². The van der Waals surface area contributed by atoms with Crippen molar-refractivity contribution in [3.63, 3.8) is 0 Å². The van der Waals surface area contributed by atoms with Crippen molar-refractivity contribution in [3.05, 3.63) is 29.6 Å². The van der Waals surface area contributed by atoms with E-state index in [2.05, 4.69) is 5.32 Å². The van der Waals surface area contributed by atoms with Crippen LogP contribution in [0.15, 0.2) is 18.2 Å². The van der Waals surface area contributed by atoms with Crippen LogP contribution in [-0.2, 0) is 16.0 Å². The lowest BCUT2D eigenvalue weighted by Gasteiger charge is -2.08. The molecule has 5 heteroatoms. The molecule has 0 radical (unpaired) electrons. The fourth-order valence-electron chi connectivity index (χ4n) is 1.56. The minimum Gasteiger partial charge on any atom is -0.497 e. The second kappa shape index (κ2) is 9.72. The van der Waals surface area contributed by atoms with E-state index in [0.29, 0.717) is 37.7 Å². The molecule has 0 saturated carbocycles. The highest BCUT2D eigenvalue weighted by atomic mass is 19.1. The second-order valence-electron chi connectivity index (χ2n) is 4.09. The van der Waals surface area contributed by atoms with Crippen molar-refractivity contribution in [1.29, 1.82) is 0 Å². The van der Waals surface area contributed by atoms with Crippen molar-refractivity contribution in [3.8, 4) is 5.75 Å². The van der Waals surface area contributed by atoms with Gasteiger partial charge in [0.05, 0.1) is 20.3 Å². The van der Waals surface area contributed by atoms with Gasteiger partial charge in [-0.1, -0.05) is 6.07 Å². The first-order valence-corrected chi connectivity index (χ1v) is 6.37. The van der Waals surface area contributed by atoms with E-state index in [-0.39, 0.29) is 5.82 Å². The monoisotopic (exact) mass is 271 g/mol. The molecule has 1 rings (SSSR count). The molecule has 0 spiro atoms. The summed E-state index contributed by atoms with van der Waals surface area (Å²) in [5.74, 6) is 0.288. The topological polar surface area (TPSA) is 39.7 Å². The molecule has 0 aromatic heterocycles. The molecular weight excluding hydrogens is 249 g/mol. The van der Waals surface area contributed by atoms with Gasteiger partial charge < -0.3 is 19.5 Å². The minimum absolute atomic E-state index is 0.247. The molecule has 0 aliphatic rings. The Morgan fingerprint density at radius 3 is 2.68 bits per heavy atom. The minimum atomic E-state index is -0.247. The predicted octanol–water partition coefficient (Wildman–Crippen LogP) is 1.98. The first-order chi connectivity index (χ1) is 9.27. The van der Waals surface area contributed by atoms with E-state index in [1.165, 1.54) is 13.2 Å². The van der Waals surface area contributed by atoms with Crippen molar-refractivity contribution in [2.24, 2.45) is 0 Å². The molecule has 19 heavy (non-hydrogen) atoms. The average molecular weight is 271 g/mol. The number of nitrogens with one attached hydrogen (secondary N) is 1. The fraction of sp³-hybridized carbons (Fsp3) is 0.571. The summed E-state index contributed by atoms with van der Waals surface area (Å²) in [5, 5.41) is 3.18. The Bertz CT molecular complexity index is 361. The number of ether oxygens (including phenoxy) is 3. The fourth-order valence-corrected chi connectivity index (χ4v) is 1.56. The molecule has 0 fully saturated rings. The summed E-state index contributed by atoms with van der Waals surface area (Å²) in [6, 6.07) is 4.88. The highest BCUT2D eigenvalue weighted by Crippen LogP contribution is 2.15. The van der Waals surface area contributed by atoms with Gasteiger partial charge in [0, 0.05) is 31.9 Å². The van der Waals surface area contributed by atoms with Crippen molar-refractivity contribution in [1.82, 2.24) is 5.32 Å². The molecule has 0 aliphatic carbocycles. The van der Waals surface area contributed by atoms with Crippen LogP contribution in [0.25, 0.3) is 0 Å². The number of halogens is 1.